The number of rotatable bonds is 5. The van der Waals surface area contributed by atoms with E-state index in [-0.39, 0.29) is 4.47 Å². The van der Waals surface area contributed by atoms with Gasteiger partial charge in [0, 0.05) is 16.7 Å². The van der Waals surface area contributed by atoms with Gasteiger partial charge in [0.05, 0.1) is 11.5 Å². The van der Waals surface area contributed by atoms with Crippen LogP contribution >= 0.6 is 15.9 Å². The van der Waals surface area contributed by atoms with Crippen molar-refractivity contribution in [2.24, 2.45) is 0 Å². The van der Waals surface area contributed by atoms with E-state index >= 15 is 0 Å². The lowest BCUT2D eigenvalue weighted by atomic mass is 10.3. The molecule has 0 aliphatic carbocycles. The molecule has 0 spiro atoms. The summed E-state index contributed by atoms with van der Waals surface area (Å²) in [6.07, 6.45) is -2.74. The lowest BCUT2D eigenvalue weighted by molar-refractivity contribution is -0.384. The highest BCUT2D eigenvalue weighted by Crippen LogP contribution is 2.28. The predicted octanol–water partition coefficient (Wildman–Crippen LogP) is 3.06. The number of anilines is 1. The number of nitro groups is 1. The van der Waals surface area contributed by atoms with E-state index in [1.807, 2.05) is 5.32 Å². The van der Waals surface area contributed by atoms with Crippen LogP contribution in [0.3, 0.4) is 0 Å². The van der Waals surface area contributed by atoms with Gasteiger partial charge < -0.3 is 5.32 Å². The first-order valence-electron chi connectivity index (χ1n) is 4.44. The number of hydrogen-bond acceptors (Lipinski definition) is 4. The highest BCUT2D eigenvalue weighted by atomic mass is 79.9. The smallest absolute Gasteiger partial charge is 0.324 e. The summed E-state index contributed by atoms with van der Waals surface area (Å²) in [6.45, 7) is -1.44. The summed E-state index contributed by atoms with van der Waals surface area (Å²) in [5, 5.41) is 12.4. The molecule has 0 saturated carbocycles. The van der Waals surface area contributed by atoms with Gasteiger partial charge in [-0.15, -0.1) is 0 Å². The van der Waals surface area contributed by atoms with Gasteiger partial charge in [-0.05, 0) is 15.9 Å². The Bertz CT molecular complexity index is 458. The Balaban J connectivity index is 2.89. The van der Waals surface area contributed by atoms with Crippen LogP contribution in [0, 0.1) is 10.1 Å². The molecule has 0 unspecified atom stereocenters. The highest BCUT2D eigenvalue weighted by Gasteiger charge is 2.40. The van der Waals surface area contributed by atoms with Gasteiger partial charge in [-0.1, -0.05) is 0 Å². The summed E-state index contributed by atoms with van der Waals surface area (Å²) in [7, 11) is 0. The third kappa shape index (κ3) is 3.52. The first-order chi connectivity index (χ1) is 8.24. The van der Waals surface area contributed by atoms with Crippen LogP contribution < -0.4 is 5.32 Å². The topological polar surface area (TPSA) is 68.1 Å². The van der Waals surface area contributed by atoms with Crippen molar-refractivity contribution < 1.29 is 22.5 Å². The molecule has 0 aromatic carbocycles. The Labute approximate surface area is 106 Å². The third-order valence-corrected chi connectivity index (χ3v) is 2.28. The van der Waals surface area contributed by atoms with Crippen LogP contribution in [-0.2, 0) is 0 Å². The fraction of sp³-hybridized carbons (Fsp3) is 0.375. The Kier molecular flexibility index (Phi) is 4.43. The number of alkyl halides is 4. The van der Waals surface area contributed by atoms with Crippen molar-refractivity contribution in [3.63, 3.8) is 0 Å². The molecular formula is C8H6BrF4N3O2. The molecule has 0 saturated heterocycles. The predicted molar refractivity (Wildman–Crippen MR) is 58.0 cm³/mol. The lowest BCUT2D eigenvalue weighted by Gasteiger charge is -2.15. The van der Waals surface area contributed by atoms with Crippen molar-refractivity contribution in [3.05, 3.63) is 26.9 Å². The van der Waals surface area contributed by atoms with E-state index in [1.54, 1.807) is 0 Å². The summed E-state index contributed by atoms with van der Waals surface area (Å²) >= 11 is 2.92. The monoisotopic (exact) mass is 331 g/mol. The largest absolute Gasteiger partial charge is 0.358 e. The Morgan fingerprint density at radius 2 is 2.17 bits per heavy atom. The van der Waals surface area contributed by atoms with Crippen molar-refractivity contribution in [2.45, 2.75) is 12.3 Å². The minimum absolute atomic E-state index is 0.264. The lowest BCUT2D eigenvalue weighted by Crippen LogP contribution is -2.35. The van der Waals surface area contributed by atoms with Crippen LogP contribution in [0.2, 0.25) is 0 Å². The molecule has 0 bridgehead atoms. The summed E-state index contributed by atoms with van der Waals surface area (Å²) in [5.74, 6) is -4.79. The number of halogens is 5. The second-order valence-corrected chi connectivity index (χ2v) is 4.11. The normalized spacial score (nSPS) is 11.7. The van der Waals surface area contributed by atoms with E-state index in [2.05, 4.69) is 20.9 Å². The summed E-state index contributed by atoms with van der Waals surface area (Å²) in [5.41, 5.74) is -0.588. The van der Waals surface area contributed by atoms with Gasteiger partial charge in [-0.2, -0.15) is 8.78 Å². The van der Waals surface area contributed by atoms with Crippen molar-refractivity contribution >= 4 is 27.4 Å². The zero-order valence-electron chi connectivity index (χ0n) is 8.54. The Hall–Kier alpha value is -1.45. The SMILES string of the molecule is O=[N+]([O-])c1cc(Br)cnc1NCC(F)(F)C(F)F. The molecule has 1 N–H and O–H groups in total. The molecule has 18 heavy (non-hydrogen) atoms. The molecule has 0 aliphatic heterocycles. The fourth-order valence-electron chi connectivity index (χ4n) is 0.983. The van der Waals surface area contributed by atoms with Crippen LogP contribution in [-0.4, -0.2) is 28.8 Å². The standard InChI is InChI=1S/C8H6BrF4N3O2/c9-4-1-5(16(17)18)6(14-2-4)15-3-8(12,13)7(10)11/h1-2,7H,3H2,(H,14,15). The molecule has 0 amide bonds. The van der Waals surface area contributed by atoms with Crippen LogP contribution in [0.5, 0.6) is 0 Å². The maximum Gasteiger partial charge on any atom is 0.324 e. The van der Waals surface area contributed by atoms with E-state index in [1.165, 1.54) is 0 Å². The van der Waals surface area contributed by atoms with E-state index < -0.39 is 35.3 Å². The number of pyridine rings is 1. The minimum atomic E-state index is -4.29. The second kappa shape index (κ2) is 5.46. The summed E-state index contributed by atoms with van der Waals surface area (Å²) < 4.78 is 49.3. The van der Waals surface area contributed by atoms with Gasteiger partial charge in [-0.25, -0.2) is 13.8 Å². The third-order valence-electron chi connectivity index (χ3n) is 1.84. The quantitative estimate of drug-likeness (QED) is 0.511. The van der Waals surface area contributed by atoms with Crippen LogP contribution in [0.1, 0.15) is 0 Å². The Morgan fingerprint density at radius 1 is 1.56 bits per heavy atom. The molecule has 10 heteroatoms. The fourth-order valence-corrected chi connectivity index (χ4v) is 1.30. The van der Waals surface area contributed by atoms with Gasteiger partial charge in [0.1, 0.15) is 0 Å². The average Bonchev–Trinajstić information content (AvgIpc) is 2.27. The van der Waals surface area contributed by atoms with E-state index in [0.29, 0.717) is 0 Å². The maximum atomic E-state index is 12.6. The van der Waals surface area contributed by atoms with Crippen molar-refractivity contribution in [1.82, 2.24) is 4.98 Å². The molecule has 100 valence electrons. The summed E-state index contributed by atoms with van der Waals surface area (Å²) in [6, 6.07) is 1.02. The van der Waals surface area contributed by atoms with Crippen LogP contribution in [0.4, 0.5) is 29.1 Å². The Morgan fingerprint density at radius 3 is 2.67 bits per heavy atom. The van der Waals surface area contributed by atoms with Crippen molar-refractivity contribution in [1.29, 1.82) is 0 Å². The molecule has 1 heterocycles. The van der Waals surface area contributed by atoms with Gasteiger partial charge in [0.2, 0.25) is 5.82 Å². The molecule has 0 aliphatic rings. The molecule has 5 nitrogen and oxygen atoms in total. The van der Waals surface area contributed by atoms with Crippen molar-refractivity contribution in [3.8, 4) is 0 Å². The van der Waals surface area contributed by atoms with Crippen LogP contribution in [0.25, 0.3) is 0 Å². The van der Waals surface area contributed by atoms with Gasteiger partial charge >= 0.3 is 18.0 Å². The molecule has 0 atom stereocenters. The number of nitrogens with zero attached hydrogens (tertiary/aromatic N) is 2. The zero-order chi connectivity index (χ0) is 13.9. The van der Waals surface area contributed by atoms with E-state index in [4.69, 9.17) is 0 Å². The zero-order valence-corrected chi connectivity index (χ0v) is 10.1. The molecule has 0 fully saturated rings. The number of nitrogens with one attached hydrogen (secondary N) is 1. The molecule has 1 aromatic heterocycles. The van der Waals surface area contributed by atoms with E-state index in [0.717, 1.165) is 12.3 Å². The number of aromatic nitrogens is 1. The van der Waals surface area contributed by atoms with Crippen molar-refractivity contribution in [2.75, 3.05) is 11.9 Å². The van der Waals surface area contributed by atoms with E-state index in [9.17, 15) is 27.7 Å². The molecule has 1 aromatic rings. The minimum Gasteiger partial charge on any atom is -0.358 e. The summed E-state index contributed by atoms with van der Waals surface area (Å²) in [4.78, 5) is 13.2. The first-order valence-corrected chi connectivity index (χ1v) is 5.23. The second-order valence-electron chi connectivity index (χ2n) is 3.19. The average molecular weight is 332 g/mol. The molecule has 0 radical (unpaired) electrons. The van der Waals surface area contributed by atoms with Gasteiger partial charge in [0.15, 0.2) is 0 Å². The number of hydrogen-bond donors (Lipinski definition) is 1. The van der Waals surface area contributed by atoms with Crippen LogP contribution in [0.15, 0.2) is 16.7 Å². The first kappa shape index (κ1) is 14.6. The van der Waals surface area contributed by atoms with Gasteiger partial charge in [-0.3, -0.25) is 10.1 Å². The van der Waals surface area contributed by atoms with Gasteiger partial charge in [0.25, 0.3) is 0 Å². The molecular weight excluding hydrogens is 326 g/mol. The maximum absolute atomic E-state index is 12.6. The molecule has 1 rings (SSSR count). The highest BCUT2D eigenvalue weighted by molar-refractivity contribution is 9.10.